The number of anilines is 1. The molecule has 0 saturated carbocycles. The first-order valence-electron chi connectivity index (χ1n) is 6.37. The van der Waals surface area contributed by atoms with Gasteiger partial charge in [0.1, 0.15) is 0 Å². The molecule has 1 atom stereocenters. The van der Waals surface area contributed by atoms with Crippen LogP contribution in [0.15, 0.2) is 18.2 Å². The van der Waals surface area contributed by atoms with Gasteiger partial charge in [0, 0.05) is 17.3 Å². The molecule has 0 fully saturated rings. The average Bonchev–Trinajstić information content (AvgIpc) is 2.30. The maximum atomic E-state index is 11.7. The summed E-state index contributed by atoms with van der Waals surface area (Å²) in [6.07, 6.45) is 0.141. The van der Waals surface area contributed by atoms with E-state index in [0.717, 1.165) is 5.56 Å². The van der Waals surface area contributed by atoms with Gasteiger partial charge in [0.25, 0.3) is 0 Å². The third-order valence-corrected chi connectivity index (χ3v) is 2.92. The molecule has 2 amide bonds. The molecule has 0 aliphatic carbocycles. The Kier molecular flexibility index (Phi) is 6.12. The van der Waals surface area contributed by atoms with E-state index >= 15 is 0 Å². The predicted octanol–water partition coefficient (Wildman–Crippen LogP) is 3.18. The smallest absolute Gasteiger partial charge is 0.319 e. The lowest BCUT2D eigenvalue weighted by Gasteiger charge is -2.15. The third-order valence-electron chi connectivity index (χ3n) is 2.69. The van der Waals surface area contributed by atoms with Crippen LogP contribution in [0.5, 0.6) is 0 Å². The van der Waals surface area contributed by atoms with Crippen LogP contribution in [0.25, 0.3) is 0 Å². The molecule has 1 rings (SSSR count). The van der Waals surface area contributed by atoms with Gasteiger partial charge < -0.3 is 15.7 Å². The van der Waals surface area contributed by atoms with Gasteiger partial charge in [-0.15, -0.1) is 0 Å². The lowest BCUT2D eigenvalue weighted by molar-refractivity contribution is 0.148. The summed E-state index contributed by atoms with van der Waals surface area (Å²) in [5.74, 6) is 0.398. The fraction of sp³-hybridized carbons (Fsp3) is 0.500. The summed E-state index contributed by atoms with van der Waals surface area (Å²) in [5, 5.41) is 15.6. The Labute approximate surface area is 119 Å². The summed E-state index contributed by atoms with van der Waals surface area (Å²) in [6.45, 7) is 6.18. The van der Waals surface area contributed by atoms with Gasteiger partial charge in [-0.2, -0.15) is 0 Å². The molecule has 0 aliphatic heterocycles. The number of hydrogen-bond acceptors (Lipinski definition) is 2. The molecule has 0 aliphatic rings. The number of halogens is 1. The number of aryl methyl sites for hydroxylation is 1. The highest BCUT2D eigenvalue weighted by Crippen LogP contribution is 2.19. The van der Waals surface area contributed by atoms with E-state index in [1.54, 1.807) is 12.1 Å². The SMILES string of the molecule is Cc1ccc(Cl)cc1NC(=O)NCC(O)CC(C)C. The number of aliphatic hydroxyl groups excluding tert-OH is 1. The van der Waals surface area contributed by atoms with E-state index < -0.39 is 6.10 Å². The van der Waals surface area contributed by atoms with Gasteiger partial charge in [0.05, 0.1) is 6.10 Å². The Morgan fingerprint density at radius 2 is 2.11 bits per heavy atom. The van der Waals surface area contributed by atoms with Crippen molar-refractivity contribution in [2.75, 3.05) is 11.9 Å². The fourth-order valence-electron chi connectivity index (χ4n) is 1.73. The van der Waals surface area contributed by atoms with Crippen LogP contribution in [-0.2, 0) is 0 Å². The number of benzene rings is 1. The molecule has 19 heavy (non-hydrogen) atoms. The lowest BCUT2D eigenvalue weighted by atomic mass is 10.1. The van der Waals surface area contributed by atoms with Crippen LogP contribution in [0.4, 0.5) is 10.5 Å². The zero-order valence-electron chi connectivity index (χ0n) is 11.5. The minimum atomic E-state index is -0.522. The normalized spacial score (nSPS) is 12.3. The molecule has 0 radical (unpaired) electrons. The molecular formula is C14H21ClN2O2. The van der Waals surface area contributed by atoms with E-state index in [4.69, 9.17) is 11.6 Å². The first kappa shape index (κ1) is 15.8. The quantitative estimate of drug-likeness (QED) is 0.778. The Bertz CT molecular complexity index is 435. The van der Waals surface area contributed by atoms with E-state index in [2.05, 4.69) is 10.6 Å². The van der Waals surface area contributed by atoms with Crippen LogP contribution in [0.2, 0.25) is 5.02 Å². The maximum absolute atomic E-state index is 11.7. The topological polar surface area (TPSA) is 61.4 Å². The predicted molar refractivity (Wildman–Crippen MR) is 78.7 cm³/mol. The van der Waals surface area contributed by atoms with E-state index in [9.17, 15) is 9.90 Å². The second kappa shape index (κ2) is 7.36. The molecule has 4 nitrogen and oxygen atoms in total. The van der Waals surface area contributed by atoms with E-state index in [1.165, 1.54) is 0 Å². The number of nitrogens with one attached hydrogen (secondary N) is 2. The molecule has 1 aromatic rings. The Morgan fingerprint density at radius 3 is 2.74 bits per heavy atom. The van der Waals surface area contributed by atoms with Crippen molar-refractivity contribution in [3.05, 3.63) is 28.8 Å². The highest BCUT2D eigenvalue weighted by molar-refractivity contribution is 6.31. The maximum Gasteiger partial charge on any atom is 0.319 e. The molecule has 0 spiro atoms. The van der Waals surface area contributed by atoms with Gasteiger partial charge in [0.15, 0.2) is 0 Å². The van der Waals surface area contributed by atoms with Gasteiger partial charge in [-0.25, -0.2) is 4.79 Å². The van der Waals surface area contributed by atoms with Crippen LogP contribution in [0, 0.1) is 12.8 Å². The largest absolute Gasteiger partial charge is 0.391 e. The van der Waals surface area contributed by atoms with Crippen molar-refractivity contribution in [2.24, 2.45) is 5.92 Å². The Hall–Kier alpha value is -1.26. The number of aliphatic hydroxyl groups is 1. The van der Waals surface area contributed by atoms with Crippen molar-refractivity contribution in [2.45, 2.75) is 33.3 Å². The zero-order chi connectivity index (χ0) is 14.4. The highest BCUT2D eigenvalue weighted by Gasteiger charge is 2.09. The van der Waals surface area contributed by atoms with E-state index in [1.807, 2.05) is 26.8 Å². The number of rotatable bonds is 5. The Morgan fingerprint density at radius 1 is 1.42 bits per heavy atom. The molecule has 5 heteroatoms. The first-order chi connectivity index (χ1) is 8.88. The van der Waals surface area contributed by atoms with Crippen LogP contribution >= 0.6 is 11.6 Å². The minimum Gasteiger partial charge on any atom is -0.391 e. The van der Waals surface area contributed by atoms with Gasteiger partial charge in [-0.05, 0) is 37.0 Å². The van der Waals surface area contributed by atoms with Crippen LogP contribution in [0.3, 0.4) is 0 Å². The fourth-order valence-corrected chi connectivity index (χ4v) is 1.91. The summed E-state index contributed by atoms with van der Waals surface area (Å²) in [6, 6.07) is 4.96. The van der Waals surface area contributed by atoms with Crippen molar-refractivity contribution in [1.82, 2.24) is 5.32 Å². The second-order valence-corrected chi connectivity index (χ2v) is 5.51. The minimum absolute atomic E-state index is 0.240. The number of urea groups is 1. The number of carbonyl (C=O) groups excluding carboxylic acids is 1. The van der Waals surface area contributed by atoms with Crippen LogP contribution in [-0.4, -0.2) is 23.8 Å². The van der Waals surface area contributed by atoms with Gasteiger partial charge in [0.2, 0.25) is 0 Å². The molecule has 3 N–H and O–H groups in total. The van der Waals surface area contributed by atoms with E-state index in [-0.39, 0.29) is 12.6 Å². The summed E-state index contributed by atoms with van der Waals surface area (Å²) in [5.41, 5.74) is 1.60. The van der Waals surface area contributed by atoms with Crippen LogP contribution < -0.4 is 10.6 Å². The zero-order valence-corrected chi connectivity index (χ0v) is 12.3. The van der Waals surface area contributed by atoms with Crippen molar-refractivity contribution in [3.8, 4) is 0 Å². The summed E-state index contributed by atoms with van der Waals surface area (Å²) < 4.78 is 0. The molecule has 0 heterocycles. The van der Waals surface area contributed by atoms with Crippen molar-refractivity contribution in [1.29, 1.82) is 0 Å². The second-order valence-electron chi connectivity index (χ2n) is 5.08. The van der Waals surface area contributed by atoms with E-state index in [0.29, 0.717) is 23.0 Å². The van der Waals surface area contributed by atoms with Crippen LogP contribution in [0.1, 0.15) is 25.8 Å². The molecule has 106 valence electrons. The molecular weight excluding hydrogens is 264 g/mol. The molecule has 1 aromatic carbocycles. The highest BCUT2D eigenvalue weighted by atomic mass is 35.5. The molecule has 1 unspecified atom stereocenters. The standard InChI is InChI=1S/C14H21ClN2O2/c1-9(2)6-12(18)8-16-14(19)17-13-7-11(15)5-4-10(13)3/h4-5,7,9,12,18H,6,8H2,1-3H3,(H2,16,17,19). The van der Waals surface area contributed by atoms with Crippen molar-refractivity contribution < 1.29 is 9.90 Å². The van der Waals surface area contributed by atoms with Gasteiger partial charge >= 0.3 is 6.03 Å². The van der Waals surface area contributed by atoms with Crippen molar-refractivity contribution in [3.63, 3.8) is 0 Å². The van der Waals surface area contributed by atoms with Gasteiger partial charge in [-0.1, -0.05) is 31.5 Å². The monoisotopic (exact) mass is 284 g/mol. The molecule has 0 aromatic heterocycles. The Balaban J connectivity index is 2.45. The molecule has 0 saturated heterocycles. The number of hydrogen-bond donors (Lipinski definition) is 3. The van der Waals surface area contributed by atoms with Gasteiger partial charge in [-0.3, -0.25) is 0 Å². The third kappa shape index (κ3) is 5.94. The lowest BCUT2D eigenvalue weighted by Crippen LogP contribution is -2.35. The number of amides is 2. The summed E-state index contributed by atoms with van der Waals surface area (Å²) >= 11 is 5.87. The summed E-state index contributed by atoms with van der Waals surface area (Å²) in [7, 11) is 0. The first-order valence-corrected chi connectivity index (χ1v) is 6.75. The summed E-state index contributed by atoms with van der Waals surface area (Å²) in [4.78, 5) is 11.7. The van der Waals surface area contributed by atoms with Crippen molar-refractivity contribution >= 4 is 23.3 Å². The average molecular weight is 285 g/mol. The number of carbonyl (C=O) groups is 1. The molecule has 0 bridgehead atoms.